The van der Waals surface area contributed by atoms with Crippen LogP contribution in [0.3, 0.4) is 0 Å². The molecule has 0 atom stereocenters. The van der Waals surface area contributed by atoms with Gasteiger partial charge in [-0.3, -0.25) is 0 Å². The summed E-state index contributed by atoms with van der Waals surface area (Å²) in [6.07, 6.45) is 5.10. The molecule has 0 radical (unpaired) electrons. The van der Waals surface area contributed by atoms with Gasteiger partial charge in [-0.2, -0.15) is 4.31 Å². The third-order valence-corrected chi connectivity index (χ3v) is 6.05. The molecule has 0 unspecified atom stereocenters. The fourth-order valence-corrected chi connectivity index (χ4v) is 4.19. The van der Waals surface area contributed by atoms with Crippen LogP contribution >= 0.6 is 0 Å². The summed E-state index contributed by atoms with van der Waals surface area (Å²) in [4.78, 5) is 0.296. The molecule has 0 amide bonds. The number of aryl methyl sites for hydroxylation is 1. The van der Waals surface area contributed by atoms with Crippen LogP contribution in [0.25, 0.3) is 0 Å². The van der Waals surface area contributed by atoms with Crippen molar-refractivity contribution in [3.63, 3.8) is 0 Å². The normalized spacial score (nSPS) is 16.6. The monoisotopic (exact) mass is 300 g/mol. The van der Waals surface area contributed by atoms with E-state index in [1.807, 2.05) is 13.8 Å². The van der Waals surface area contributed by atoms with E-state index in [1.54, 1.807) is 21.1 Å². The van der Waals surface area contributed by atoms with Gasteiger partial charge >= 0.3 is 0 Å². The average Bonchev–Trinajstić information content (AvgIpc) is 2.81. The van der Waals surface area contributed by atoms with Crippen LogP contribution in [-0.2, 0) is 23.2 Å². The number of hydrogen-bond donors (Lipinski definition) is 1. The van der Waals surface area contributed by atoms with E-state index in [9.17, 15) is 13.5 Å². The molecule has 20 heavy (non-hydrogen) atoms. The summed E-state index contributed by atoms with van der Waals surface area (Å²) in [5.74, 6) is 0.510. The summed E-state index contributed by atoms with van der Waals surface area (Å²) in [7, 11) is -3.44. The fourth-order valence-electron chi connectivity index (χ4n) is 2.60. The van der Waals surface area contributed by atoms with Gasteiger partial charge < -0.3 is 9.67 Å². The van der Waals surface area contributed by atoms with Crippen molar-refractivity contribution in [1.82, 2.24) is 8.87 Å². The predicted octanol–water partition coefficient (Wildman–Crippen LogP) is 1.81. The van der Waals surface area contributed by atoms with Crippen molar-refractivity contribution >= 4 is 10.0 Å². The van der Waals surface area contributed by atoms with Gasteiger partial charge in [0.15, 0.2) is 0 Å². The van der Waals surface area contributed by atoms with E-state index in [1.165, 1.54) is 6.42 Å². The van der Waals surface area contributed by atoms with Crippen molar-refractivity contribution in [1.29, 1.82) is 0 Å². The second-order valence-corrected chi connectivity index (χ2v) is 7.30. The van der Waals surface area contributed by atoms with E-state index in [2.05, 4.69) is 0 Å². The molecule has 114 valence electrons. The molecule has 1 aromatic heterocycles. The van der Waals surface area contributed by atoms with Gasteiger partial charge in [-0.05, 0) is 31.7 Å². The SMILES string of the molecule is CCN(CC1CCC1)S(=O)(=O)c1cc(CO)n(CC)c1. The van der Waals surface area contributed by atoms with Gasteiger partial charge in [0.05, 0.1) is 6.61 Å². The molecule has 0 bridgehead atoms. The van der Waals surface area contributed by atoms with E-state index in [-0.39, 0.29) is 6.61 Å². The van der Waals surface area contributed by atoms with E-state index < -0.39 is 10.0 Å². The van der Waals surface area contributed by atoms with Crippen LogP contribution < -0.4 is 0 Å². The molecule has 1 aliphatic rings. The molecule has 1 aromatic rings. The Morgan fingerprint density at radius 2 is 2.10 bits per heavy atom. The first-order chi connectivity index (χ1) is 9.52. The zero-order chi connectivity index (χ0) is 14.8. The summed E-state index contributed by atoms with van der Waals surface area (Å²) in [6, 6.07) is 1.59. The first-order valence-electron chi connectivity index (χ1n) is 7.33. The molecule has 5 nitrogen and oxygen atoms in total. The van der Waals surface area contributed by atoms with Crippen LogP contribution in [0, 0.1) is 5.92 Å². The lowest BCUT2D eigenvalue weighted by atomic mass is 9.85. The molecule has 1 aliphatic carbocycles. The van der Waals surface area contributed by atoms with E-state index in [0.29, 0.717) is 36.1 Å². The van der Waals surface area contributed by atoms with Crippen LogP contribution in [-0.4, -0.2) is 35.5 Å². The quantitative estimate of drug-likeness (QED) is 0.835. The number of hydrogen-bond acceptors (Lipinski definition) is 3. The third-order valence-electron chi connectivity index (χ3n) is 4.14. The van der Waals surface area contributed by atoms with Crippen molar-refractivity contribution in [2.75, 3.05) is 13.1 Å². The van der Waals surface area contributed by atoms with Crippen molar-refractivity contribution < 1.29 is 13.5 Å². The lowest BCUT2D eigenvalue weighted by molar-refractivity contribution is 0.250. The average molecular weight is 300 g/mol. The highest BCUT2D eigenvalue weighted by atomic mass is 32.2. The minimum absolute atomic E-state index is 0.141. The number of sulfonamides is 1. The molecule has 1 N–H and O–H groups in total. The van der Waals surface area contributed by atoms with E-state index in [0.717, 1.165) is 12.8 Å². The highest BCUT2D eigenvalue weighted by Crippen LogP contribution is 2.29. The maximum absolute atomic E-state index is 12.7. The molecule has 0 saturated heterocycles. The van der Waals surface area contributed by atoms with Gasteiger partial charge in [0, 0.05) is 31.5 Å². The van der Waals surface area contributed by atoms with Gasteiger partial charge in [-0.15, -0.1) is 0 Å². The minimum atomic E-state index is -3.44. The number of nitrogens with zero attached hydrogens (tertiary/aromatic N) is 2. The van der Waals surface area contributed by atoms with E-state index >= 15 is 0 Å². The molecule has 0 aliphatic heterocycles. The lowest BCUT2D eigenvalue weighted by Crippen LogP contribution is -2.37. The molecule has 1 heterocycles. The van der Waals surface area contributed by atoms with Gasteiger partial charge in [0.2, 0.25) is 10.0 Å². The first-order valence-corrected chi connectivity index (χ1v) is 8.77. The molecule has 2 rings (SSSR count). The minimum Gasteiger partial charge on any atom is -0.390 e. The second-order valence-electron chi connectivity index (χ2n) is 5.36. The van der Waals surface area contributed by atoms with Gasteiger partial charge in [0.1, 0.15) is 4.90 Å². The standard InChI is InChI=1S/C14H24N2O3S/c1-3-15-10-14(8-13(15)11-17)20(18,19)16(4-2)9-12-6-5-7-12/h8,10,12,17H,3-7,9,11H2,1-2H3. The topological polar surface area (TPSA) is 62.5 Å². The molecular weight excluding hydrogens is 276 g/mol. The van der Waals surface area contributed by atoms with Gasteiger partial charge in [0.25, 0.3) is 0 Å². The number of aliphatic hydroxyl groups excluding tert-OH is 1. The molecular formula is C14H24N2O3S. The van der Waals surface area contributed by atoms with Gasteiger partial charge in [-0.25, -0.2) is 8.42 Å². The fraction of sp³-hybridized carbons (Fsp3) is 0.714. The molecule has 0 aromatic carbocycles. The van der Waals surface area contributed by atoms with Crippen molar-refractivity contribution in [2.45, 2.75) is 51.2 Å². The van der Waals surface area contributed by atoms with Crippen molar-refractivity contribution in [2.24, 2.45) is 5.92 Å². The zero-order valence-electron chi connectivity index (χ0n) is 12.2. The summed E-state index contributed by atoms with van der Waals surface area (Å²) >= 11 is 0. The highest BCUT2D eigenvalue weighted by Gasteiger charge is 2.29. The first kappa shape index (κ1) is 15.5. The Kier molecular flexibility index (Phi) is 4.88. The Balaban J connectivity index is 2.24. The molecule has 0 spiro atoms. The highest BCUT2D eigenvalue weighted by molar-refractivity contribution is 7.89. The van der Waals surface area contributed by atoms with Crippen LogP contribution in [0.1, 0.15) is 38.8 Å². The van der Waals surface area contributed by atoms with Crippen LogP contribution in [0.15, 0.2) is 17.2 Å². The Bertz CT molecular complexity index is 525. The number of aromatic nitrogens is 1. The lowest BCUT2D eigenvalue weighted by Gasteiger charge is -2.30. The Morgan fingerprint density at radius 3 is 2.50 bits per heavy atom. The van der Waals surface area contributed by atoms with Crippen LogP contribution in [0.2, 0.25) is 0 Å². The van der Waals surface area contributed by atoms with Crippen molar-refractivity contribution in [3.8, 4) is 0 Å². The summed E-state index contributed by atoms with van der Waals surface area (Å²) in [6.45, 7) is 5.43. The van der Waals surface area contributed by atoms with Crippen LogP contribution in [0.5, 0.6) is 0 Å². The van der Waals surface area contributed by atoms with Crippen LogP contribution in [0.4, 0.5) is 0 Å². The zero-order valence-corrected chi connectivity index (χ0v) is 13.1. The maximum Gasteiger partial charge on any atom is 0.244 e. The summed E-state index contributed by atoms with van der Waals surface area (Å²) in [5.41, 5.74) is 0.644. The van der Waals surface area contributed by atoms with E-state index in [4.69, 9.17) is 0 Å². The molecule has 6 heteroatoms. The molecule has 1 saturated carbocycles. The Labute approximate surface area is 121 Å². The summed E-state index contributed by atoms with van der Waals surface area (Å²) < 4.78 is 28.7. The largest absolute Gasteiger partial charge is 0.390 e. The second kappa shape index (κ2) is 6.28. The summed E-state index contributed by atoms with van der Waals surface area (Å²) in [5, 5.41) is 9.29. The van der Waals surface area contributed by atoms with Gasteiger partial charge in [-0.1, -0.05) is 13.3 Å². The predicted molar refractivity (Wildman–Crippen MR) is 77.8 cm³/mol. The Hall–Kier alpha value is -0.850. The maximum atomic E-state index is 12.7. The molecule has 1 fully saturated rings. The van der Waals surface area contributed by atoms with Crippen molar-refractivity contribution in [3.05, 3.63) is 18.0 Å². The third kappa shape index (κ3) is 2.92. The smallest absolute Gasteiger partial charge is 0.244 e. The number of rotatable bonds is 7. The number of aliphatic hydroxyl groups is 1. The Morgan fingerprint density at radius 1 is 1.40 bits per heavy atom.